The summed E-state index contributed by atoms with van der Waals surface area (Å²) < 4.78 is 5.85. The molecule has 0 fully saturated rings. The molecule has 2 aromatic carbocycles. The van der Waals surface area contributed by atoms with Gasteiger partial charge in [-0.1, -0.05) is 41.6 Å². The van der Waals surface area contributed by atoms with E-state index in [1.165, 1.54) is 18.2 Å². The van der Waals surface area contributed by atoms with E-state index in [9.17, 15) is 0 Å². The van der Waals surface area contributed by atoms with Gasteiger partial charge in [-0.25, -0.2) is 0 Å². The van der Waals surface area contributed by atoms with Crippen LogP contribution in [-0.4, -0.2) is 13.3 Å². The molecule has 0 radical (unpaired) electrons. The van der Waals surface area contributed by atoms with Crippen LogP contribution in [0.15, 0.2) is 53.7 Å². The third-order valence-corrected chi connectivity index (χ3v) is 2.86. The summed E-state index contributed by atoms with van der Waals surface area (Å²) >= 11 is 0. The van der Waals surface area contributed by atoms with Gasteiger partial charge in [-0.2, -0.15) is 0 Å². The van der Waals surface area contributed by atoms with Crippen molar-refractivity contribution in [2.75, 3.05) is 7.11 Å². The Balaban J connectivity index is 2.11. The van der Waals surface area contributed by atoms with E-state index in [4.69, 9.17) is 9.57 Å². The standard InChI is InChI=1S/C16H17NO2/c1-13-7-3-4-9-15(13)12-19-16-10-6-5-8-14(16)11-17-18-2/h3-11H,12H2,1-2H3/b17-11-. The molecule has 0 spiro atoms. The average molecular weight is 255 g/mol. The molecule has 0 saturated carbocycles. The van der Waals surface area contributed by atoms with E-state index in [-0.39, 0.29) is 0 Å². The number of rotatable bonds is 5. The van der Waals surface area contributed by atoms with Gasteiger partial charge in [-0.15, -0.1) is 0 Å². The molecule has 0 N–H and O–H groups in total. The van der Waals surface area contributed by atoms with Crippen molar-refractivity contribution < 1.29 is 9.57 Å². The first-order valence-corrected chi connectivity index (χ1v) is 6.14. The second kappa shape index (κ2) is 6.59. The maximum atomic E-state index is 5.85. The zero-order valence-electron chi connectivity index (χ0n) is 11.2. The molecule has 2 rings (SSSR count). The maximum absolute atomic E-state index is 5.85. The van der Waals surface area contributed by atoms with Crippen molar-refractivity contribution in [1.82, 2.24) is 0 Å². The number of nitrogens with zero attached hydrogens (tertiary/aromatic N) is 1. The summed E-state index contributed by atoms with van der Waals surface area (Å²) in [6.07, 6.45) is 1.65. The van der Waals surface area contributed by atoms with E-state index in [2.05, 4.69) is 24.2 Å². The van der Waals surface area contributed by atoms with Gasteiger partial charge in [0.25, 0.3) is 0 Å². The van der Waals surface area contributed by atoms with Crippen molar-refractivity contribution in [2.24, 2.45) is 5.16 Å². The number of ether oxygens (including phenoxy) is 1. The Kier molecular flexibility index (Phi) is 4.56. The molecule has 3 heteroatoms. The molecule has 0 aliphatic heterocycles. The molecule has 2 aromatic rings. The molecule has 0 saturated heterocycles. The Morgan fingerprint density at radius 1 is 1.05 bits per heavy atom. The fourth-order valence-electron chi connectivity index (χ4n) is 1.76. The van der Waals surface area contributed by atoms with Crippen molar-refractivity contribution in [3.8, 4) is 5.75 Å². The van der Waals surface area contributed by atoms with E-state index in [0.29, 0.717) is 6.61 Å². The fourth-order valence-corrected chi connectivity index (χ4v) is 1.76. The highest BCUT2D eigenvalue weighted by Gasteiger charge is 2.02. The molecule has 19 heavy (non-hydrogen) atoms. The first-order valence-electron chi connectivity index (χ1n) is 6.14. The lowest BCUT2D eigenvalue weighted by molar-refractivity contribution is 0.215. The van der Waals surface area contributed by atoms with E-state index in [1.54, 1.807) is 6.21 Å². The van der Waals surface area contributed by atoms with Gasteiger partial charge >= 0.3 is 0 Å². The van der Waals surface area contributed by atoms with Gasteiger partial charge in [-0.05, 0) is 30.2 Å². The second-order valence-electron chi connectivity index (χ2n) is 4.17. The van der Waals surface area contributed by atoms with Gasteiger partial charge in [0.1, 0.15) is 19.5 Å². The smallest absolute Gasteiger partial charge is 0.128 e. The van der Waals surface area contributed by atoms with E-state index >= 15 is 0 Å². The predicted molar refractivity (Wildman–Crippen MR) is 76.6 cm³/mol. The molecule has 98 valence electrons. The normalized spacial score (nSPS) is 10.6. The first kappa shape index (κ1) is 13.1. The molecule has 0 bridgehead atoms. The Labute approximate surface area is 113 Å². The lowest BCUT2D eigenvalue weighted by atomic mass is 10.1. The molecule has 0 aliphatic rings. The summed E-state index contributed by atoms with van der Waals surface area (Å²) in [5, 5.41) is 3.77. The minimum atomic E-state index is 0.546. The van der Waals surface area contributed by atoms with E-state index in [1.807, 2.05) is 36.4 Å². The predicted octanol–water partition coefficient (Wildman–Crippen LogP) is 3.55. The minimum Gasteiger partial charge on any atom is -0.488 e. The van der Waals surface area contributed by atoms with Gasteiger partial charge in [0.05, 0.1) is 6.21 Å². The van der Waals surface area contributed by atoms with Crippen molar-refractivity contribution in [1.29, 1.82) is 0 Å². The number of hydrogen-bond donors (Lipinski definition) is 0. The number of aryl methyl sites for hydroxylation is 1. The van der Waals surface area contributed by atoms with Crippen LogP contribution in [0.4, 0.5) is 0 Å². The third kappa shape index (κ3) is 3.58. The highest BCUT2D eigenvalue weighted by molar-refractivity contribution is 5.83. The zero-order chi connectivity index (χ0) is 13.5. The lowest BCUT2D eigenvalue weighted by Crippen LogP contribution is -2.00. The summed E-state index contributed by atoms with van der Waals surface area (Å²) in [4.78, 5) is 4.70. The van der Waals surface area contributed by atoms with Gasteiger partial charge < -0.3 is 9.57 Å². The van der Waals surface area contributed by atoms with Crippen LogP contribution in [0, 0.1) is 6.92 Å². The largest absolute Gasteiger partial charge is 0.488 e. The molecular formula is C16H17NO2. The van der Waals surface area contributed by atoms with Crippen molar-refractivity contribution in [3.05, 3.63) is 65.2 Å². The quantitative estimate of drug-likeness (QED) is 0.604. The number of oxime groups is 1. The van der Waals surface area contributed by atoms with Gasteiger partial charge in [0.2, 0.25) is 0 Å². The highest BCUT2D eigenvalue weighted by atomic mass is 16.6. The van der Waals surface area contributed by atoms with Crippen LogP contribution in [0.25, 0.3) is 0 Å². The molecule has 0 atom stereocenters. The van der Waals surface area contributed by atoms with Gasteiger partial charge in [-0.3, -0.25) is 0 Å². The molecule has 0 heterocycles. The summed E-state index contributed by atoms with van der Waals surface area (Å²) in [6.45, 7) is 2.63. The van der Waals surface area contributed by atoms with Crippen molar-refractivity contribution >= 4 is 6.21 Å². The number of para-hydroxylation sites is 1. The van der Waals surface area contributed by atoms with Crippen LogP contribution < -0.4 is 4.74 Å². The average Bonchev–Trinajstić information content (AvgIpc) is 2.45. The second-order valence-corrected chi connectivity index (χ2v) is 4.17. The van der Waals surface area contributed by atoms with Gasteiger partial charge in [0.15, 0.2) is 0 Å². The molecule has 0 aromatic heterocycles. The first-order chi connectivity index (χ1) is 9.31. The van der Waals surface area contributed by atoms with Crippen LogP contribution >= 0.6 is 0 Å². The van der Waals surface area contributed by atoms with Crippen LogP contribution in [0.1, 0.15) is 16.7 Å². The lowest BCUT2D eigenvalue weighted by Gasteiger charge is -2.10. The number of hydrogen-bond acceptors (Lipinski definition) is 3. The van der Waals surface area contributed by atoms with Crippen LogP contribution in [-0.2, 0) is 11.4 Å². The van der Waals surface area contributed by atoms with Crippen molar-refractivity contribution in [3.63, 3.8) is 0 Å². The van der Waals surface area contributed by atoms with E-state index in [0.717, 1.165) is 11.3 Å². The molecule has 0 amide bonds. The third-order valence-electron chi connectivity index (χ3n) is 2.86. The summed E-state index contributed by atoms with van der Waals surface area (Å²) in [5.74, 6) is 0.798. The Hall–Kier alpha value is -2.29. The topological polar surface area (TPSA) is 30.8 Å². The van der Waals surface area contributed by atoms with E-state index < -0.39 is 0 Å². The molecule has 3 nitrogen and oxygen atoms in total. The maximum Gasteiger partial charge on any atom is 0.128 e. The van der Waals surface area contributed by atoms with Crippen LogP contribution in [0.5, 0.6) is 5.75 Å². The molecular weight excluding hydrogens is 238 g/mol. The monoisotopic (exact) mass is 255 g/mol. The van der Waals surface area contributed by atoms with Crippen LogP contribution in [0.3, 0.4) is 0 Å². The summed E-state index contributed by atoms with van der Waals surface area (Å²) in [5.41, 5.74) is 3.31. The van der Waals surface area contributed by atoms with Crippen molar-refractivity contribution in [2.45, 2.75) is 13.5 Å². The Morgan fingerprint density at radius 3 is 2.58 bits per heavy atom. The highest BCUT2D eigenvalue weighted by Crippen LogP contribution is 2.18. The Morgan fingerprint density at radius 2 is 1.79 bits per heavy atom. The van der Waals surface area contributed by atoms with Gasteiger partial charge in [0, 0.05) is 5.56 Å². The zero-order valence-corrected chi connectivity index (χ0v) is 11.2. The summed E-state index contributed by atoms with van der Waals surface area (Å²) in [7, 11) is 1.52. The Bertz CT molecular complexity index is 564. The van der Waals surface area contributed by atoms with Crippen LogP contribution in [0.2, 0.25) is 0 Å². The minimum absolute atomic E-state index is 0.546. The summed E-state index contributed by atoms with van der Waals surface area (Å²) in [6, 6.07) is 15.9. The SMILES string of the molecule is CO/N=C\c1ccccc1OCc1ccccc1C. The molecule has 0 unspecified atom stereocenters. The molecule has 0 aliphatic carbocycles. The number of benzene rings is 2. The fraction of sp³-hybridized carbons (Fsp3) is 0.188.